The van der Waals surface area contributed by atoms with Crippen LogP contribution in [0.25, 0.3) is 16.6 Å². The fourth-order valence-corrected chi connectivity index (χ4v) is 11.6. The number of pyridine rings is 1. The number of H-pyrrole nitrogens is 1. The van der Waals surface area contributed by atoms with Crippen LogP contribution in [-0.4, -0.2) is 96.1 Å². The number of anilines is 2. The topological polar surface area (TPSA) is 192 Å². The van der Waals surface area contributed by atoms with Crippen LogP contribution in [0.3, 0.4) is 0 Å². The van der Waals surface area contributed by atoms with E-state index in [1.807, 2.05) is 18.2 Å². The third-order valence-electron chi connectivity index (χ3n) is 13.0. The molecule has 18 heteroatoms. The van der Waals surface area contributed by atoms with Gasteiger partial charge >= 0.3 is 0 Å². The molecule has 0 radical (unpaired) electrons. The number of carbonyl (C=O) groups excluding carboxylic acids is 1. The number of hydrogen-bond acceptors (Lipinski definition) is 11. The van der Waals surface area contributed by atoms with Crippen molar-refractivity contribution < 1.29 is 27.1 Å². The minimum absolute atomic E-state index is 0.0459. The van der Waals surface area contributed by atoms with Crippen LogP contribution in [0.2, 0.25) is 5.02 Å². The smallest absolute Gasteiger partial charge is 0.293 e. The molecule has 8 rings (SSSR count). The number of benzene rings is 3. The molecule has 3 aliphatic rings. The van der Waals surface area contributed by atoms with E-state index < -0.39 is 41.6 Å². The number of amides is 1. The monoisotopic (exact) mass is 958 g/mol. The first kappa shape index (κ1) is 47.2. The minimum Gasteiger partial charge on any atom is -0.455 e. The molecule has 15 nitrogen and oxygen atoms in total. The Morgan fingerprint density at radius 3 is 2.45 bits per heavy atom. The highest BCUT2D eigenvalue weighted by Crippen LogP contribution is 2.43. The zero-order valence-electron chi connectivity index (χ0n) is 37.8. The largest absolute Gasteiger partial charge is 0.455 e. The molecular formula is C48H59ClN8O7S2. The van der Waals surface area contributed by atoms with Crippen LogP contribution in [0.15, 0.2) is 95.7 Å². The Hall–Kier alpha value is -5.33. The van der Waals surface area contributed by atoms with E-state index in [4.69, 9.17) is 16.3 Å². The highest BCUT2D eigenvalue weighted by molar-refractivity contribution is 7.99. The van der Waals surface area contributed by atoms with Crippen LogP contribution in [-0.2, 0) is 20.1 Å². The molecule has 4 N–H and O–H groups in total. The maximum absolute atomic E-state index is 14.0. The van der Waals surface area contributed by atoms with Crippen molar-refractivity contribution in [3.63, 3.8) is 0 Å². The normalized spacial score (nSPS) is 19.7. The van der Waals surface area contributed by atoms with E-state index in [0.717, 1.165) is 99.8 Å². The molecule has 66 heavy (non-hydrogen) atoms. The van der Waals surface area contributed by atoms with Gasteiger partial charge < -0.3 is 19.9 Å². The lowest BCUT2D eigenvalue weighted by Crippen LogP contribution is -2.47. The molecule has 0 spiro atoms. The molecule has 0 bridgehead atoms. The lowest BCUT2D eigenvalue weighted by atomic mass is 9.72. The number of piperazine rings is 1. The molecule has 2 fully saturated rings. The van der Waals surface area contributed by atoms with E-state index in [9.17, 15) is 27.5 Å². The van der Waals surface area contributed by atoms with Crippen LogP contribution >= 0.6 is 11.6 Å². The van der Waals surface area contributed by atoms with Crippen LogP contribution in [0.4, 0.5) is 17.1 Å². The number of nitrogens with one attached hydrogen (secondary N) is 4. The number of nitrogens with zero attached hydrogens (tertiary/aromatic N) is 4. The van der Waals surface area contributed by atoms with Gasteiger partial charge in [0.25, 0.3) is 21.6 Å². The number of fused-ring (bicyclic) bond motifs is 1. The SMILES string of the molecule is CC1(C)CCC(CN2CCN(c3ccc(C(=O)NS(=O)(=O)c4ccc(NCC5CCC(N[SH](C)(C)=O)CC5)c([N+](=O)[O-])c4)c(Oc4cnc5[nH]ccc5c4)c3)CC2)=C(c2ccc(Cl)cc2)C1. The molecule has 2 aliphatic carbocycles. The molecule has 5 aromatic rings. The standard InChI is InChI=1S/C48H59ClN8O7S2/c1-48(2)19-17-35(42(28-48)33-7-9-36(49)10-8-33)31-55-21-23-56(24-22-55)38-13-15-41(45(26-38)64-39-25-34-18-20-50-46(34)52-30-39)47(58)54-66(62,63)40-14-16-43(44(27-40)57(59)60)51-29-32-5-11-37(12-6-32)53-65(3,4)61/h7-10,13-16,18,20,25-27,30,32,37,51,65H,5-6,11-12,17,19,21-24,28-29,31H2,1-4H3,(H,50,52)(H,53,61)(H,54,58). The first-order valence-electron chi connectivity index (χ1n) is 22.5. The van der Waals surface area contributed by atoms with E-state index in [1.54, 1.807) is 43.0 Å². The van der Waals surface area contributed by atoms with Gasteiger partial charge in [0.15, 0.2) is 0 Å². The van der Waals surface area contributed by atoms with Gasteiger partial charge in [-0.05, 0) is 116 Å². The van der Waals surface area contributed by atoms with Crippen molar-refractivity contribution in [1.29, 1.82) is 0 Å². The van der Waals surface area contributed by atoms with Gasteiger partial charge in [-0.3, -0.25) is 28.7 Å². The van der Waals surface area contributed by atoms with Gasteiger partial charge in [-0.15, -0.1) is 0 Å². The van der Waals surface area contributed by atoms with Crippen molar-refractivity contribution in [3.8, 4) is 11.5 Å². The number of carbonyl (C=O) groups is 1. The number of aromatic amines is 1. The number of hydrogen-bond donors (Lipinski definition) is 5. The lowest BCUT2D eigenvalue weighted by Gasteiger charge is -2.39. The summed E-state index contributed by atoms with van der Waals surface area (Å²) >= 11 is 6.25. The van der Waals surface area contributed by atoms with E-state index >= 15 is 0 Å². The average molecular weight is 960 g/mol. The quantitative estimate of drug-likeness (QED) is 0.0384. The van der Waals surface area contributed by atoms with Gasteiger partial charge in [-0.1, -0.05) is 53.3 Å². The molecule has 1 saturated heterocycles. The Kier molecular flexibility index (Phi) is 13.9. The van der Waals surface area contributed by atoms with Gasteiger partial charge in [-0.25, -0.2) is 18.1 Å². The second-order valence-corrected chi connectivity index (χ2v) is 24.1. The summed E-state index contributed by atoms with van der Waals surface area (Å²) in [5, 5.41) is 16.9. The van der Waals surface area contributed by atoms with Crippen molar-refractivity contribution in [2.75, 3.05) is 62.0 Å². The summed E-state index contributed by atoms with van der Waals surface area (Å²) in [6, 6.07) is 20.6. The first-order valence-corrected chi connectivity index (χ1v) is 27.0. The Morgan fingerprint density at radius 2 is 1.74 bits per heavy atom. The lowest BCUT2D eigenvalue weighted by molar-refractivity contribution is -0.384. The van der Waals surface area contributed by atoms with Crippen molar-refractivity contribution in [2.45, 2.75) is 69.7 Å². The second kappa shape index (κ2) is 19.5. The molecule has 352 valence electrons. The van der Waals surface area contributed by atoms with Gasteiger partial charge in [0.05, 0.1) is 21.6 Å². The van der Waals surface area contributed by atoms with E-state index in [1.165, 1.54) is 35.0 Å². The van der Waals surface area contributed by atoms with Gasteiger partial charge in [0.1, 0.15) is 22.8 Å². The summed E-state index contributed by atoms with van der Waals surface area (Å²) in [6.07, 6.45) is 13.3. The summed E-state index contributed by atoms with van der Waals surface area (Å²) in [6.45, 7) is 9.06. The Bertz CT molecular complexity index is 2790. The van der Waals surface area contributed by atoms with Crippen LogP contribution in [0.1, 0.15) is 74.7 Å². The Morgan fingerprint density at radius 1 is 1.00 bits per heavy atom. The predicted molar refractivity (Wildman–Crippen MR) is 264 cm³/mol. The first-order chi connectivity index (χ1) is 31.4. The van der Waals surface area contributed by atoms with E-state index in [-0.39, 0.29) is 34.4 Å². The van der Waals surface area contributed by atoms with Gasteiger partial charge in [-0.2, -0.15) is 0 Å². The molecule has 0 unspecified atom stereocenters. The number of aromatic nitrogens is 2. The molecule has 1 saturated carbocycles. The van der Waals surface area contributed by atoms with Gasteiger partial charge in [0, 0.05) is 92.2 Å². The Labute approximate surface area is 392 Å². The van der Waals surface area contributed by atoms with Crippen LogP contribution in [0, 0.1) is 21.4 Å². The molecule has 1 aliphatic heterocycles. The summed E-state index contributed by atoms with van der Waals surface area (Å²) in [7, 11) is -6.95. The van der Waals surface area contributed by atoms with Crippen molar-refractivity contribution >= 4 is 71.3 Å². The average Bonchev–Trinajstić information content (AvgIpc) is 3.75. The zero-order chi connectivity index (χ0) is 46.8. The molecule has 3 aromatic carbocycles. The third-order valence-corrected chi connectivity index (χ3v) is 15.5. The number of nitro groups is 1. The molecule has 3 heterocycles. The van der Waals surface area contributed by atoms with E-state index in [2.05, 4.69) is 60.5 Å². The maximum atomic E-state index is 14.0. The highest BCUT2D eigenvalue weighted by atomic mass is 35.5. The zero-order valence-corrected chi connectivity index (χ0v) is 40.3. The minimum atomic E-state index is -4.59. The summed E-state index contributed by atoms with van der Waals surface area (Å²) in [4.78, 5) is 37.3. The predicted octanol–water partition coefficient (Wildman–Crippen LogP) is 8.57. The van der Waals surface area contributed by atoms with Crippen molar-refractivity contribution in [1.82, 2.24) is 24.3 Å². The number of nitro benzene ring substituents is 1. The number of rotatable bonds is 15. The summed E-state index contributed by atoms with van der Waals surface area (Å²) in [5.74, 6) is -0.262. The molecule has 1 amide bonds. The van der Waals surface area contributed by atoms with Crippen molar-refractivity contribution in [3.05, 3.63) is 117 Å². The molecule has 0 atom stereocenters. The number of thiol groups is 1. The fourth-order valence-electron chi connectivity index (χ4n) is 9.38. The van der Waals surface area contributed by atoms with Crippen LogP contribution in [0.5, 0.6) is 11.5 Å². The maximum Gasteiger partial charge on any atom is 0.293 e. The highest BCUT2D eigenvalue weighted by Gasteiger charge is 2.31. The summed E-state index contributed by atoms with van der Waals surface area (Å²) in [5.41, 5.74) is 5.47. The molecular weight excluding hydrogens is 900 g/mol. The van der Waals surface area contributed by atoms with Gasteiger partial charge in [0.2, 0.25) is 0 Å². The van der Waals surface area contributed by atoms with E-state index in [0.29, 0.717) is 17.9 Å². The third kappa shape index (κ3) is 11.6. The number of allylic oxidation sites excluding steroid dienone is 1. The number of ether oxygens (including phenoxy) is 1. The van der Waals surface area contributed by atoms with Crippen LogP contribution < -0.4 is 24.4 Å². The Balaban J connectivity index is 0.973. The number of halogens is 1. The summed E-state index contributed by atoms with van der Waals surface area (Å²) < 4.78 is 51.5. The van der Waals surface area contributed by atoms with Crippen molar-refractivity contribution in [2.24, 2.45) is 11.3 Å². The molecule has 2 aromatic heterocycles. The number of sulfonamides is 1. The fraction of sp³-hybridized carbons (Fsp3) is 0.417. The second-order valence-electron chi connectivity index (χ2n) is 19.0.